The van der Waals surface area contributed by atoms with Crippen molar-refractivity contribution >= 4 is 23.4 Å². The zero-order valence-corrected chi connectivity index (χ0v) is 16.8. The first-order valence-corrected chi connectivity index (χ1v) is 9.56. The maximum atomic E-state index is 12.5. The van der Waals surface area contributed by atoms with Crippen LogP contribution < -0.4 is 15.4 Å². The average molecular weight is 412 g/mol. The predicted octanol–water partition coefficient (Wildman–Crippen LogP) is 3.23. The Kier molecular flexibility index (Phi) is 6.92. The molecule has 0 aliphatic carbocycles. The van der Waals surface area contributed by atoms with E-state index in [4.69, 9.17) is 16.3 Å². The average Bonchev–Trinajstić information content (AvgIpc) is 3.27. The summed E-state index contributed by atoms with van der Waals surface area (Å²) >= 11 is 6.35. The van der Waals surface area contributed by atoms with E-state index < -0.39 is 5.91 Å². The highest BCUT2D eigenvalue weighted by atomic mass is 35.5. The minimum Gasteiger partial charge on any atom is -0.496 e. The molecule has 7 heteroatoms. The third-order valence-electron chi connectivity index (χ3n) is 4.38. The molecule has 0 bridgehead atoms. The van der Waals surface area contributed by atoms with E-state index in [2.05, 4.69) is 10.6 Å². The number of amides is 2. The molecule has 0 radical (unpaired) electrons. The molecule has 2 aromatic carbocycles. The van der Waals surface area contributed by atoms with Gasteiger partial charge in [-0.2, -0.15) is 0 Å². The van der Waals surface area contributed by atoms with Crippen LogP contribution in [0.15, 0.2) is 67.0 Å². The number of benzene rings is 2. The Bertz CT molecular complexity index is 972. The summed E-state index contributed by atoms with van der Waals surface area (Å²) < 4.78 is 7.17. The second-order valence-corrected chi connectivity index (χ2v) is 6.77. The maximum absolute atomic E-state index is 12.5. The maximum Gasteiger partial charge on any atom is 0.255 e. The lowest BCUT2D eigenvalue weighted by atomic mass is 10.1. The Balaban J connectivity index is 1.57. The van der Waals surface area contributed by atoms with Gasteiger partial charge in [0.25, 0.3) is 5.91 Å². The number of methoxy groups -OCH3 is 1. The molecule has 1 heterocycles. The molecule has 0 aliphatic heterocycles. The van der Waals surface area contributed by atoms with E-state index in [-0.39, 0.29) is 18.0 Å². The van der Waals surface area contributed by atoms with Crippen LogP contribution in [0, 0.1) is 0 Å². The zero-order valence-electron chi connectivity index (χ0n) is 16.0. The number of carbonyl (C=O) groups is 2. The monoisotopic (exact) mass is 411 g/mol. The molecular weight excluding hydrogens is 390 g/mol. The molecule has 3 rings (SSSR count). The van der Waals surface area contributed by atoms with E-state index in [1.54, 1.807) is 12.1 Å². The first-order valence-electron chi connectivity index (χ1n) is 9.18. The van der Waals surface area contributed by atoms with Gasteiger partial charge in [0.1, 0.15) is 5.75 Å². The number of nitrogens with one attached hydrogen (secondary N) is 2. The number of aromatic nitrogens is 1. The van der Waals surface area contributed by atoms with Gasteiger partial charge in [0.2, 0.25) is 5.91 Å². The third kappa shape index (κ3) is 5.39. The van der Waals surface area contributed by atoms with E-state index in [0.29, 0.717) is 23.0 Å². The molecule has 0 saturated heterocycles. The number of rotatable bonds is 8. The van der Waals surface area contributed by atoms with Gasteiger partial charge in [0.15, 0.2) is 0 Å². The lowest BCUT2D eigenvalue weighted by molar-refractivity contribution is -0.120. The van der Waals surface area contributed by atoms with Crippen LogP contribution in [0.3, 0.4) is 0 Å². The van der Waals surface area contributed by atoms with E-state index in [0.717, 1.165) is 12.0 Å². The highest BCUT2D eigenvalue weighted by molar-refractivity contribution is 6.33. The van der Waals surface area contributed by atoms with Crippen LogP contribution in [-0.2, 0) is 11.2 Å². The topological polar surface area (TPSA) is 72.4 Å². The summed E-state index contributed by atoms with van der Waals surface area (Å²) in [5.74, 6) is -0.315. The van der Waals surface area contributed by atoms with Crippen LogP contribution in [0.1, 0.15) is 15.9 Å². The lowest BCUT2D eigenvalue weighted by Gasteiger charge is -2.13. The van der Waals surface area contributed by atoms with Gasteiger partial charge in [0.05, 0.1) is 29.9 Å². The Hall–Kier alpha value is -3.25. The van der Waals surface area contributed by atoms with Crippen LogP contribution in [0.2, 0.25) is 5.02 Å². The van der Waals surface area contributed by atoms with Crippen molar-refractivity contribution in [3.05, 3.63) is 83.1 Å². The Morgan fingerprint density at radius 1 is 1.03 bits per heavy atom. The Morgan fingerprint density at radius 2 is 1.76 bits per heavy atom. The molecule has 2 amide bonds. The SMILES string of the molecule is COc1cc(-n2cccc2)c(Cl)cc1C(=O)NCC(=O)NCCc1ccccc1. The van der Waals surface area contributed by atoms with Gasteiger partial charge < -0.3 is 19.9 Å². The minimum absolute atomic E-state index is 0.131. The number of carbonyl (C=O) groups excluding carboxylic acids is 2. The molecule has 29 heavy (non-hydrogen) atoms. The summed E-state index contributed by atoms with van der Waals surface area (Å²) in [4.78, 5) is 24.6. The molecule has 1 aromatic heterocycles. The molecule has 0 fully saturated rings. The zero-order chi connectivity index (χ0) is 20.6. The van der Waals surface area contributed by atoms with Crippen molar-refractivity contribution in [2.24, 2.45) is 0 Å². The summed E-state index contributed by atoms with van der Waals surface area (Å²) in [5, 5.41) is 5.80. The van der Waals surface area contributed by atoms with Gasteiger partial charge in [-0.05, 0) is 30.2 Å². The molecule has 3 aromatic rings. The minimum atomic E-state index is -0.430. The first-order chi connectivity index (χ1) is 14.1. The molecule has 0 saturated carbocycles. The number of nitrogens with zero attached hydrogens (tertiary/aromatic N) is 1. The van der Waals surface area contributed by atoms with E-state index >= 15 is 0 Å². The van der Waals surface area contributed by atoms with Crippen LogP contribution in [-0.4, -0.2) is 36.6 Å². The standard InChI is InChI=1S/C22H22ClN3O3/c1-29-20-14-19(26-11-5-6-12-26)18(23)13-17(20)22(28)25-15-21(27)24-10-9-16-7-3-2-4-8-16/h2-8,11-14H,9-10,15H2,1H3,(H,24,27)(H,25,28). The molecule has 2 N–H and O–H groups in total. The van der Waals surface area contributed by atoms with Gasteiger partial charge >= 0.3 is 0 Å². The fraction of sp³-hybridized carbons (Fsp3) is 0.182. The van der Waals surface area contributed by atoms with Crippen LogP contribution in [0.4, 0.5) is 0 Å². The Morgan fingerprint density at radius 3 is 2.45 bits per heavy atom. The summed E-state index contributed by atoms with van der Waals surface area (Å²) in [6.45, 7) is 0.368. The van der Waals surface area contributed by atoms with E-state index in [9.17, 15) is 9.59 Å². The summed E-state index contributed by atoms with van der Waals surface area (Å²) in [6, 6.07) is 16.8. The summed E-state index contributed by atoms with van der Waals surface area (Å²) in [7, 11) is 1.48. The molecule has 0 atom stereocenters. The summed E-state index contributed by atoms with van der Waals surface area (Å²) in [6.07, 6.45) is 4.42. The molecule has 0 spiro atoms. The largest absolute Gasteiger partial charge is 0.496 e. The molecular formula is C22H22ClN3O3. The quantitative estimate of drug-likeness (QED) is 0.597. The fourth-order valence-corrected chi connectivity index (χ4v) is 3.15. The van der Waals surface area contributed by atoms with Crippen molar-refractivity contribution in [2.45, 2.75) is 6.42 Å². The van der Waals surface area contributed by atoms with Crippen molar-refractivity contribution in [1.82, 2.24) is 15.2 Å². The number of halogens is 1. The smallest absolute Gasteiger partial charge is 0.255 e. The molecule has 0 unspecified atom stereocenters. The second-order valence-electron chi connectivity index (χ2n) is 6.36. The number of hydrogen-bond acceptors (Lipinski definition) is 3. The van der Waals surface area contributed by atoms with E-state index in [1.165, 1.54) is 7.11 Å². The van der Waals surface area contributed by atoms with Crippen molar-refractivity contribution in [3.8, 4) is 11.4 Å². The van der Waals surface area contributed by atoms with Crippen molar-refractivity contribution in [3.63, 3.8) is 0 Å². The van der Waals surface area contributed by atoms with Gasteiger partial charge in [-0.25, -0.2) is 0 Å². The second kappa shape index (κ2) is 9.80. The molecule has 6 nitrogen and oxygen atoms in total. The molecule has 150 valence electrons. The Labute approximate surface area is 174 Å². The van der Waals surface area contributed by atoms with Crippen molar-refractivity contribution < 1.29 is 14.3 Å². The normalized spacial score (nSPS) is 10.4. The van der Waals surface area contributed by atoms with Crippen LogP contribution in [0.25, 0.3) is 5.69 Å². The van der Waals surface area contributed by atoms with Gasteiger partial charge in [-0.15, -0.1) is 0 Å². The lowest BCUT2D eigenvalue weighted by Crippen LogP contribution is -2.37. The van der Waals surface area contributed by atoms with Gasteiger partial charge in [-0.1, -0.05) is 41.9 Å². The van der Waals surface area contributed by atoms with Crippen LogP contribution in [0.5, 0.6) is 5.75 Å². The fourth-order valence-electron chi connectivity index (χ4n) is 2.89. The number of ether oxygens (including phenoxy) is 1. The first kappa shape index (κ1) is 20.5. The predicted molar refractivity (Wildman–Crippen MR) is 113 cm³/mol. The third-order valence-corrected chi connectivity index (χ3v) is 4.69. The van der Waals surface area contributed by atoms with Crippen LogP contribution >= 0.6 is 11.6 Å². The summed E-state index contributed by atoms with van der Waals surface area (Å²) in [5.41, 5.74) is 2.10. The highest BCUT2D eigenvalue weighted by Gasteiger charge is 2.17. The van der Waals surface area contributed by atoms with Gasteiger partial charge in [0, 0.05) is 25.0 Å². The highest BCUT2D eigenvalue weighted by Crippen LogP contribution is 2.29. The molecule has 0 aliphatic rings. The van der Waals surface area contributed by atoms with Gasteiger partial charge in [-0.3, -0.25) is 9.59 Å². The van der Waals surface area contributed by atoms with E-state index in [1.807, 2.05) is 59.4 Å². The van der Waals surface area contributed by atoms with Crippen molar-refractivity contribution in [2.75, 3.05) is 20.2 Å². The number of hydrogen-bond donors (Lipinski definition) is 2. The van der Waals surface area contributed by atoms with Crippen molar-refractivity contribution in [1.29, 1.82) is 0 Å².